The molecule has 0 saturated carbocycles. The standard InChI is InChI=1S/C17H25F3N4O/c1-4-6-7-10-24(3)16(21-5-2)23-12-14-8-9-15(22-11-14)25-13-17(18,19)20/h4,8-9,11H,1,5-7,10,12-13H2,2-3H3,(H,21,23). The quantitative estimate of drug-likeness (QED) is 0.318. The van der Waals surface area contributed by atoms with Crippen LogP contribution in [0.15, 0.2) is 36.0 Å². The molecule has 1 rings (SSSR count). The number of rotatable bonds is 9. The van der Waals surface area contributed by atoms with E-state index in [4.69, 9.17) is 0 Å². The van der Waals surface area contributed by atoms with Crippen LogP contribution in [0, 0.1) is 0 Å². The first-order chi connectivity index (χ1) is 11.9. The van der Waals surface area contributed by atoms with Gasteiger partial charge in [-0.3, -0.25) is 0 Å². The minimum absolute atomic E-state index is 0.0569. The summed E-state index contributed by atoms with van der Waals surface area (Å²) in [5, 5.41) is 3.21. The van der Waals surface area contributed by atoms with Gasteiger partial charge in [0.2, 0.25) is 5.88 Å². The van der Waals surface area contributed by atoms with Gasteiger partial charge in [0, 0.05) is 32.4 Å². The third-order valence-corrected chi connectivity index (χ3v) is 3.19. The summed E-state index contributed by atoms with van der Waals surface area (Å²) in [6, 6.07) is 3.07. The number of guanidine groups is 1. The van der Waals surface area contributed by atoms with Crippen molar-refractivity contribution in [3.05, 3.63) is 36.5 Å². The Bertz CT molecular complexity index is 544. The third-order valence-electron chi connectivity index (χ3n) is 3.19. The van der Waals surface area contributed by atoms with Crippen molar-refractivity contribution in [2.24, 2.45) is 4.99 Å². The molecular weight excluding hydrogens is 333 g/mol. The number of hydrogen-bond donors (Lipinski definition) is 1. The van der Waals surface area contributed by atoms with Gasteiger partial charge >= 0.3 is 6.18 Å². The molecule has 1 heterocycles. The Kier molecular flexibility index (Phi) is 8.80. The Balaban J connectivity index is 2.61. The smallest absolute Gasteiger partial charge is 0.422 e. The number of halogens is 3. The summed E-state index contributed by atoms with van der Waals surface area (Å²) in [5.41, 5.74) is 0.786. The maximum Gasteiger partial charge on any atom is 0.422 e. The summed E-state index contributed by atoms with van der Waals surface area (Å²) in [5.74, 6) is 0.711. The van der Waals surface area contributed by atoms with Gasteiger partial charge in [0.05, 0.1) is 6.54 Å². The fraction of sp³-hybridized carbons (Fsp3) is 0.529. The van der Waals surface area contributed by atoms with Crippen molar-refractivity contribution in [2.75, 3.05) is 26.7 Å². The summed E-state index contributed by atoms with van der Waals surface area (Å²) < 4.78 is 40.9. The normalized spacial score (nSPS) is 12.0. The van der Waals surface area contributed by atoms with Crippen molar-refractivity contribution in [2.45, 2.75) is 32.5 Å². The van der Waals surface area contributed by atoms with Gasteiger partial charge in [-0.1, -0.05) is 12.1 Å². The molecule has 0 aromatic carbocycles. The second-order valence-corrected chi connectivity index (χ2v) is 5.43. The van der Waals surface area contributed by atoms with Crippen molar-refractivity contribution in [3.8, 4) is 5.88 Å². The predicted molar refractivity (Wildman–Crippen MR) is 92.7 cm³/mol. The van der Waals surface area contributed by atoms with E-state index in [1.165, 1.54) is 12.3 Å². The third kappa shape index (κ3) is 8.97. The maximum atomic E-state index is 12.1. The summed E-state index contributed by atoms with van der Waals surface area (Å²) in [6.07, 6.45) is 0.897. The monoisotopic (exact) mass is 358 g/mol. The first-order valence-corrected chi connectivity index (χ1v) is 8.10. The zero-order chi connectivity index (χ0) is 18.7. The molecule has 0 bridgehead atoms. The molecule has 8 heteroatoms. The highest BCUT2D eigenvalue weighted by Gasteiger charge is 2.28. The molecule has 140 valence electrons. The second kappa shape index (κ2) is 10.6. The fourth-order valence-corrected chi connectivity index (χ4v) is 1.96. The Labute approximate surface area is 146 Å². The van der Waals surface area contributed by atoms with Gasteiger partial charge in [0.25, 0.3) is 0 Å². The minimum atomic E-state index is -4.37. The number of nitrogens with zero attached hydrogens (tertiary/aromatic N) is 3. The van der Waals surface area contributed by atoms with Crippen LogP contribution < -0.4 is 10.1 Å². The number of allylic oxidation sites excluding steroid dienone is 1. The fourth-order valence-electron chi connectivity index (χ4n) is 1.96. The molecule has 1 N–H and O–H groups in total. The van der Waals surface area contributed by atoms with Crippen LogP contribution in [0.1, 0.15) is 25.3 Å². The number of hydrogen-bond acceptors (Lipinski definition) is 3. The van der Waals surface area contributed by atoms with E-state index in [-0.39, 0.29) is 5.88 Å². The molecule has 1 aromatic heterocycles. The molecule has 0 aliphatic rings. The number of aromatic nitrogens is 1. The molecule has 0 fully saturated rings. The number of alkyl halides is 3. The molecule has 0 atom stereocenters. The topological polar surface area (TPSA) is 49.8 Å². The molecule has 0 spiro atoms. The zero-order valence-corrected chi connectivity index (χ0v) is 14.6. The van der Waals surface area contributed by atoms with Gasteiger partial charge in [-0.15, -0.1) is 6.58 Å². The van der Waals surface area contributed by atoms with Gasteiger partial charge in [-0.25, -0.2) is 9.98 Å². The van der Waals surface area contributed by atoms with Crippen LogP contribution in [0.4, 0.5) is 13.2 Å². The number of ether oxygens (including phenoxy) is 1. The van der Waals surface area contributed by atoms with Crippen molar-refractivity contribution in [1.82, 2.24) is 15.2 Å². The number of aliphatic imine (C=N–C) groups is 1. The van der Waals surface area contributed by atoms with E-state index in [1.54, 1.807) is 6.07 Å². The molecule has 5 nitrogen and oxygen atoms in total. The molecule has 0 radical (unpaired) electrons. The number of pyridine rings is 1. The van der Waals surface area contributed by atoms with Crippen LogP contribution in [-0.4, -0.2) is 48.8 Å². The molecule has 0 saturated heterocycles. The maximum absolute atomic E-state index is 12.1. The lowest BCUT2D eigenvalue weighted by molar-refractivity contribution is -0.154. The predicted octanol–water partition coefficient (Wildman–Crippen LogP) is 3.39. The lowest BCUT2D eigenvalue weighted by Crippen LogP contribution is -2.39. The van der Waals surface area contributed by atoms with E-state index in [9.17, 15) is 13.2 Å². The molecule has 0 unspecified atom stereocenters. The Morgan fingerprint density at radius 2 is 2.20 bits per heavy atom. The summed E-state index contributed by atoms with van der Waals surface area (Å²) >= 11 is 0. The molecule has 0 aliphatic heterocycles. The first kappa shape index (κ1) is 20.8. The van der Waals surface area contributed by atoms with Gasteiger partial charge in [0.15, 0.2) is 12.6 Å². The molecular formula is C17H25F3N4O. The lowest BCUT2D eigenvalue weighted by atomic mass is 10.3. The highest BCUT2D eigenvalue weighted by atomic mass is 19.4. The van der Waals surface area contributed by atoms with Crippen molar-refractivity contribution in [1.29, 1.82) is 0 Å². The Hall–Kier alpha value is -2.25. The van der Waals surface area contributed by atoms with E-state index in [0.29, 0.717) is 6.54 Å². The van der Waals surface area contributed by atoms with E-state index >= 15 is 0 Å². The molecule has 0 aliphatic carbocycles. The average molecular weight is 358 g/mol. The first-order valence-electron chi connectivity index (χ1n) is 8.10. The van der Waals surface area contributed by atoms with Gasteiger partial charge in [0.1, 0.15) is 0 Å². The van der Waals surface area contributed by atoms with Gasteiger partial charge < -0.3 is 15.0 Å². The zero-order valence-electron chi connectivity index (χ0n) is 14.6. The summed E-state index contributed by atoms with van der Waals surface area (Å²) in [7, 11) is 1.96. The lowest BCUT2D eigenvalue weighted by Gasteiger charge is -2.21. The molecule has 25 heavy (non-hydrogen) atoms. The van der Waals surface area contributed by atoms with Crippen molar-refractivity contribution in [3.63, 3.8) is 0 Å². The van der Waals surface area contributed by atoms with Crippen LogP contribution in [-0.2, 0) is 6.54 Å². The van der Waals surface area contributed by atoms with E-state index in [1.807, 2.05) is 24.9 Å². The second-order valence-electron chi connectivity index (χ2n) is 5.43. The highest BCUT2D eigenvalue weighted by Crippen LogP contribution is 2.17. The van der Waals surface area contributed by atoms with Crippen molar-refractivity contribution >= 4 is 5.96 Å². The molecule has 0 amide bonds. The van der Waals surface area contributed by atoms with Crippen LogP contribution in [0.5, 0.6) is 5.88 Å². The summed E-state index contributed by atoms with van der Waals surface area (Å²) in [6.45, 7) is 6.31. The Morgan fingerprint density at radius 1 is 1.44 bits per heavy atom. The molecule has 1 aromatic rings. The van der Waals surface area contributed by atoms with Crippen LogP contribution in [0.2, 0.25) is 0 Å². The van der Waals surface area contributed by atoms with E-state index in [2.05, 4.69) is 26.6 Å². The Morgan fingerprint density at radius 3 is 2.76 bits per heavy atom. The van der Waals surface area contributed by atoms with E-state index < -0.39 is 12.8 Å². The number of unbranched alkanes of at least 4 members (excludes halogenated alkanes) is 1. The van der Waals surface area contributed by atoms with Crippen molar-refractivity contribution < 1.29 is 17.9 Å². The van der Waals surface area contributed by atoms with Crippen LogP contribution in [0.25, 0.3) is 0 Å². The minimum Gasteiger partial charge on any atom is -0.468 e. The summed E-state index contributed by atoms with van der Waals surface area (Å²) in [4.78, 5) is 10.4. The van der Waals surface area contributed by atoms with Crippen LogP contribution >= 0.6 is 0 Å². The SMILES string of the molecule is C=CCCCN(C)C(=NCc1ccc(OCC(F)(F)F)nc1)NCC. The average Bonchev–Trinajstić information content (AvgIpc) is 2.57. The highest BCUT2D eigenvalue weighted by molar-refractivity contribution is 5.79. The van der Waals surface area contributed by atoms with Crippen LogP contribution in [0.3, 0.4) is 0 Å². The van der Waals surface area contributed by atoms with Gasteiger partial charge in [-0.05, 0) is 25.3 Å². The largest absolute Gasteiger partial charge is 0.468 e. The van der Waals surface area contributed by atoms with E-state index in [0.717, 1.165) is 37.5 Å². The van der Waals surface area contributed by atoms with Gasteiger partial charge in [-0.2, -0.15) is 13.2 Å². The number of nitrogens with one attached hydrogen (secondary N) is 1.